The lowest BCUT2D eigenvalue weighted by Gasteiger charge is -2.19. The zero-order valence-corrected chi connectivity index (χ0v) is 14.6. The number of fused-ring (bicyclic) bond motifs is 2. The minimum absolute atomic E-state index is 0.294. The number of para-hydroxylation sites is 1. The first kappa shape index (κ1) is 15.9. The van der Waals surface area contributed by atoms with Crippen LogP contribution >= 0.6 is 22.9 Å². The maximum Gasteiger partial charge on any atom is 0.248 e. The Labute approximate surface area is 152 Å². The van der Waals surface area contributed by atoms with Gasteiger partial charge in [-0.2, -0.15) is 0 Å². The van der Waals surface area contributed by atoms with Gasteiger partial charge in [0.2, 0.25) is 5.91 Å². The van der Waals surface area contributed by atoms with E-state index < -0.39 is 0 Å². The van der Waals surface area contributed by atoms with Gasteiger partial charge in [-0.05, 0) is 18.2 Å². The van der Waals surface area contributed by atoms with Gasteiger partial charge in [-0.3, -0.25) is 4.79 Å². The van der Waals surface area contributed by atoms with Crippen LogP contribution in [-0.4, -0.2) is 24.1 Å². The monoisotopic (exact) mass is 372 g/mol. The van der Waals surface area contributed by atoms with Crippen LogP contribution in [0.25, 0.3) is 16.3 Å². The van der Waals surface area contributed by atoms with Crippen molar-refractivity contribution < 1.29 is 14.3 Å². The lowest BCUT2D eigenvalue weighted by Crippen LogP contribution is -2.16. The van der Waals surface area contributed by atoms with Crippen LogP contribution in [0.4, 0.5) is 5.69 Å². The van der Waals surface area contributed by atoms with E-state index in [2.05, 4.69) is 10.3 Å². The van der Waals surface area contributed by atoms with Crippen molar-refractivity contribution in [1.29, 1.82) is 0 Å². The summed E-state index contributed by atoms with van der Waals surface area (Å²) in [7, 11) is 0. The van der Waals surface area contributed by atoms with Gasteiger partial charge in [0.15, 0.2) is 11.5 Å². The third-order valence-electron chi connectivity index (χ3n) is 3.58. The molecule has 0 saturated carbocycles. The number of halogens is 1. The highest BCUT2D eigenvalue weighted by Crippen LogP contribution is 2.37. The lowest BCUT2D eigenvalue weighted by molar-refractivity contribution is -0.111. The Kier molecular flexibility index (Phi) is 4.29. The van der Waals surface area contributed by atoms with Gasteiger partial charge in [-0.1, -0.05) is 23.7 Å². The quantitative estimate of drug-likeness (QED) is 0.693. The van der Waals surface area contributed by atoms with Crippen LogP contribution in [0.2, 0.25) is 5.02 Å². The smallest absolute Gasteiger partial charge is 0.248 e. The Morgan fingerprint density at radius 1 is 1.20 bits per heavy atom. The van der Waals surface area contributed by atoms with Crippen molar-refractivity contribution in [2.24, 2.45) is 0 Å². The second-order valence-corrected chi connectivity index (χ2v) is 6.79. The highest BCUT2D eigenvalue weighted by Gasteiger charge is 2.15. The number of rotatable bonds is 3. The molecule has 1 aromatic heterocycles. The second kappa shape index (κ2) is 6.74. The van der Waals surface area contributed by atoms with E-state index in [0.717, 1.165) is 15.2 Å². The van der Waals surface area contributed by atoms with Crippen molar-refractivity contribution in [3.63, 3.8) is 0 Å². The van der Waals surface area contributed by atoms with Gasteiger partial charge < -0.3 is 14.8 Å². The first-order valence-corrected chi connectivity index (χ1v) is 8.82. The number of aromatic nitrogens is 1. The number of amides is 1. The molecule has 3 aromatic rings. The van der Waals surface area contributed by atoms with Crippen molar-refractivity contribution >= 4 is 50.8 Å². The highest BCUT2D eigenvalue weighted by molar-refractivity contribution is 7.19. The normalized spacial score (nSPS) is 13.3. The number of nitrogens with zero attached hydrogens (tertiary/aromatic N) is 1. The first-order valence-electron chi connectivity index (χ1n) is 7.63. The van der Waals surface area contributed by atoms with E-state index in [4.69, 9.17) is 21.1 Å². The van der Waals surface area contributed by atoms with Crippen LogP contribution in [0.1, 0.15) is 5.01 Å². The molecule has 1 aliphatic rings. The third kappa shape index (κ3) is 3.45. The number of benzene rings is 2. The maximum absolute atomic E-state index is 12.2. The number of carbonyl (C=O) groups excluding carboxylic acids is 1. The Bertz CT molecular complexity index is 951. The predicted molar refractivity (Wildman–Crippen MR) is 99.7 cm³/mol. The summed E-state index contributed by atoms with van der Waals surface area (Å²) in [5.41, 5.74) is 1.40. The fourth-order valence-electron chi connectivity index (χ4n) is 2.44. The molecule has 1 amide bonds. The number of thiazole rings is 1. The van der Waals surface area contributed by atoms with Crippen LogP contribution in [0, 0.1) is 0 Å². The molecule has 126 valence electrons. The van der Waals surface area contributed by atoms with Crippen molar-refractivity contribution in [1.82, 2.24) is 4.98 Å². The molecular weight excluding hydrogens is 360 g/mol. The minimum atomic E-state index is -0.294. The SMILES string of the molecule is O=C(/C=C/c1nc2ccccc2s1)Nc1cc2c(cc1Cl)OCCO2. The molecule has 1 aliphatic heterocycles. The van der Waals surface area contributed by atoms with Crippen LogP contribution in [0.3, 0.4) is 0 Å². The summed E-state index contributed by atoms with van der Waals surface area (Å²) in [4.78, 5) is 16.6. The van der Waals surface area contributed by atoms with E-state index >= 15 is 0 Å². The first-order chi connectivity index (χ1) is 12.2. The third-order valence-corrected chi connectivity index (χ3v) is 4.89. The summed E-state index contributed by atoms with van der Waals surface area (Å²) in [5, 5.41) is 3.91. The standard InChI is InChI=1S/C18H13ClN2O3S/c19-11-9-14-15(24-8-7-23-14)10-13(11)20-17(22)5-6-18-21-12-3-1-2-4-16(12)25-18/h1-6,9-10H,7-8H2,(H,20,22)/b6-5+. The van der Waals surface area contributed by atoms with Gasteiger partial charge in [-0.25, -0.2) is 4.98 Å². The van der Waals surface area contributed by atoms with Crippen molar-refractivity contribution in [2.45, 2.75) is 0 Å². The molecule has 2 heterocycles. The zero-order valence-electron chi connectivity index (χ0n) is 13.0. The molecule has 4 rings (SSSR count). The number of ether oxygens (including phenoxy) is 2. The molecule has 5 nitrogen and oxygen atoms in total. The Morgan fingerprint density at radius 2 is 1.96 bits per heavy atom. The average molecular weight is 373 g/mol. The summed E-state index contributed by atoms with van der Waals surface area (Å²) >= 11 is 7.72. The molecule has 0 unspecified atom stereocenters. The predicted octanol–water partition coefficient (Wildman–Crippen LogP) is 4.37. The maximum atomic E-state index is 12.2. The molecule has 0 spiro atoms. The molecule has 0 fully saturated rings. The second-order valence-electron chi connectivity index (χ2n) is 5.32. The van der Waals surface area contributed by atoms with Crippen LogP contribution in [0.15, 0.2) is 42.5 Å². The van der Waals surface area contributed by atoms with Crippen molar-refractivity contribution in [3.8, 4) is 11.5 Å². The summed E-state index contributed by atoms with van der Waals surface area (Å²) in [6, 6.07) is 11.2. The Morgan fingerprint density at radius 3 is 2.76 bits per heavy atom. The molecule has 0 aliphatic carbocycles. The van der Waals surface area contributed by atoms with Crippen molar-refractivity contribution in [3.05, 3.63) is 52.5 Å². The molecule has 0 atom stereocenters. The molecule has 0 radical (unpaired) electrons. The van der Waals surface area contributed by atoms with Gasteiger partial charge in [0.1, 0.15) is 18.2 Å². The topological polar surface area (TPSA) is 60.5 Å². The van der Waals surface area contributed by atoms with E-state index in [0.29, 0.717) is 35.4 Å². The number of hydrogen-bond donors (Lipinski definition) is 1. The van der Waals surface area contributed by atoms with Crippen molar-refractivity contribution in [2.75, 3.05) is 18.5 Å². The molecule has 7 heteroatoms. The molecule has 0 bridgehead atoms. The van der Waals surface area contributed by atoms with E-state index in [1.54, 1.807) is 18.2 Å². The van der Waals surface area contributed by atoms with Crippen LogP contribution in [-0.2, 0) is 4.79 Å². The van der Waals surface area contributed by atoms with E-state index in [9.17, 15) is 4.79 Å². The summed E-state index contributed by atoms with van der Waals surface area (Å²) in [6.45, 7) is 0.958. The molecule has 25 heavy (non-hydrogen) atoms. The van der Waals surface area contributed by atoms with Gasteiger partial charge in [0, 0.05) is 18.2 Å². The number of anilines is 1. The minimum Gasteiger partial charge on any atom is -0.486 e. The molecule has 1 N–H and O–H groups in total. The Balaban J connectivity index is 1.50. The highest BCUT2D eigenvalue weighted by atomic mass is 35.5. The Hall–Kier alpha value is -2.57. The lowest BCUT2D eigenvalue weighted by atomic mass is 10.2. The summed E-state index contributed by atoms with van der Waals surface area (Å²) in [6.07, 6.45) is 3.12. The number of nitrogens with one attached hydrogen (secondary N) is 1. The van der Waals surface area contributed by atoms with E-state index in [1.807, 2.05) is 24.3 Å². The van der Waals surface area contributed by atoms with Crippen LogP contribution in [0.5, 0.6) is 11.5 Å². The van der Waals surface area contributed by atoms with Gasteiger partial charge in [0.05, 0.1) is 20.9 Å². The number of hydrogen-bond acceptors (Lipinski definition) is 5. The largest absolute Gasteiger partial charge is 0.486 e. The molecule has 0 saturated heterocycles. The molecule has 2 aromatic carbocycles. The molecular formula is C18H13ClN2O3S. The summed E-state index contributed by atoms with van der Waals surface area (Å²) < 4.78 is 12.0. The fraction of sp³-hybridized carbons (Fsp3) is 0.111. The van der Waals surface area contributed by atoms with E-state index in [-0.39, 0.29) is 5.91 Å². The van der Waals surface area contributed by atoms with Gasteiger partial charge in [0.25, 0.3) is 0 Å². The zero-order chi connectivity index (χ0) is 17.2. The van der Waals surface area contributed by atoms with Crippen LogP contribution < -0.4 is 14.8 Å². The number of carbonyl (C=O) groups is 1. The van der Waals surface area contributed by atoms with E-state index in [1.165, 1.54) is 17.4 Å². The fourth-order valence-corrected chi connectivity index (χ4v) is 3.51. The van der Waals surface area contributed by atoms with Gasteiger partial charge in [-0.15, -0.1) is 11.3 Å². The summed E-state index contributed by atoms with van der Waals surface area (Å²) in [5.74, 6) is 0.859. The van der Waals surface area contributed by atoms with Gasteiger partial charge >= 0.3 is 0 Å². The average Bonchev–Trinajstić information content (AvgIpc) is 3.03.